The molecule has 3 rings (SSSR count). The molecule has 0 saturated carbocycles. The standard InChI is InChI=1S/C11H12N4O5/c16-8-5-20-11(19)15(8)4-6-2-14(3-6)9(17)7-1-12-10(18)13-7/h1,6H,2-5H2,(H2,12,13,18). The number of amides is 3. The van der Waals surface area contributed by atoms with E-state index in [0.717, 1.165) is 4.90 Å². The van der Waals surface area contributed by atoms with E-state index >= 15 is 0 Å². The minimum Gasteiger partial charge on any atom is -0.439 e. The highest BCUT2D eigenvalue weighted by molar-refractivity contribution is 5.98. The third kappa shape index (κ3) is 2.06. The summed E-state index contributed by atoms with van der Waals surface area (Å²) in [4.78, 5) is 52.8. The first-order valence-electron chi connectivity index (χ1n) is 6.08. The Morgan fingerprint density at radius 1 is 1.35 bits per heavy atom. The maximum atomic E-state index is 11.9. The second kappa shape index (κ2) is 4.51. The first-order valence-corrected chi connectivity index (χ1v) is 6.08. The zero-order valence-electron chi connectivity index (χ0n) is 10.4. The van der Waals surface area contributed by atoms with Gasteiger partial charge in [-0.1, -0.05) is 0 Å². The van der Waals surface area contributed by atoms with Gasteiger partial charge in [-0.3, -0.25) is 9.59 Å². The van der Waals surface area contributed by atoms with E-state index in [0.29, 0.717) is 13.1 Å². The Bertz CT molecular complexity index is 611. The summed E-state index contributed by atoms with van der Waals surface area (Å²) in [7, 11) is 0. The van der Waals surface area contributed by atoms with Gasteiger partial charge >= 0.3 is 11.8 Å². The van der Waals surface area contributed by atoms with Crippen molar-refractivity contribution in [3.8, 4) is 0 Å². The molecule has 0 radical (unpaired) electrons. The second-order valence-electron chi connectivity index (χ2n) is 4.79. The van der Waals surface area contributed by atoms with E-state index in [1.54, 1.807) is 0 Å². The van der Waals surface area contributed by atoms with Crippen LogP contribution in [0.2, 0.25) is 0 Å². The molecule has 2 fully saturated rings. The maximum absolute atomic E-state index is 11.9. The molecule has 0 bridgehead atoms. The number of likely N-dealkylation sites (tertiary alicyclic amines) is 1. The van der Waals surface area contributed by atoms with Gasteiger partial charge in [0.1, 0.15) is 5.69 Å². The van der Waals surface area contributed by atoms with Crippen LogP contribution in [0.5, 0.6) is 0 Å². The van der Waals surface area contributed by atoms with Crippen LogP contribution >= 0.6 is 0 Å². The predicted molar refractivity (Wildman–Crippen MR) is 63.9 cm³/mol. The molecule has 1 aromatic rings. The summed E-state index contributed by atoms with van der Waals surface area (Å²) in [5, 5.41) is 0. The lowest BCUT2D eigenvalue weighted by atomic mass is 9.99. The number of H-pyrrole nitrogens is 2. The van der Waals surface area contributed by atoms with Crippen LogP contribution in [0.15, 0.2) is 11.0 Å². The average Bonchev–Trinajstić information content (AvgIpc) is 2.92. The number of nitrogens with one attached hydrogen (secondary N) is 2. The summed E-state index contributed by atoms with van der Waals surface area (Å²) >= 11 is 0. The Morgan fingerprint density at radius 2 is 2.10 bits per heavy atom. The van der Waals surface area contributed by atoms with Crippen molar-refractivity contribution in [3.05, 3.63) is 22.4 Å². The number of aromatic nitrogens is 2. The minimum atomic E-state index is -0.630. The second-order valence-corrected chi connectivity index (χ2v) is 4.79. The molecule has 0 spiro atoms. The van der Waals surface area contributed by atoms with Crippen molar-refractivity contribution in [1.29, 1.82) is 0 Å². The number of imide groups is 1. The largest absolute Gasteiger partial charge is 0.439 e. The molecule has 2 saturated heterocycles. The highest BCUT2D eigenvalue weighted by Crippen LogP contribution is 2.20. The van der Waals surface area contributed by atoms with Crippen LogP contribution in [0.4, 0.5) is 4.79 Å². The molecule has 2 aliphatic rings. The van der Waals surface area contributed by atoms with Crippen LogP contribution in [-0.4, -0.2) is 63.9 Å². The molecule has 2 aliphatic heterocycles. The van der Waals surface area contributed by atoms with Gasteiger partial charge in [-0.05, 0) is 0 Å². The fraction of sp³-hybridized carbons (Fsp3) is 0.455. The molecule has 0 aromatic carbocycles. The number of imidazole rings is 1. The summed E-state index contributed by atoms with van der Waals surface area (Å²) in [6, 6.07) is 0. The van der Waals surface area contributed by atoms with E-state index in [1.807, 2.05) is 0 Å². The third-order valence-electron chi connectivity index (χ3n) is 3.35. The van der Waals surface area contributed by atoms with Crippen LogP contribution < -0.4 is 5.69 Å². The Kier molecular flexibility index (Phi) is 2.81. The topological polar surface area (TPSA) is 116 Å². The number of carbonyl (C=O) groups is 3. The summed E-state index contributed by atoms with van der Waals surface area (Å²) in [6.07, 6.45) is 0.689. The fourth-order valence-electron chi connectivity index (χ4n) is 2.28. The molecule has 9 nitrogen and oxygen atoms in total. The minimum absolute atomic E-state index is 0.0409. The zero-order valence-corrected chi connectivity index (χ0v) is 10.4. The van der Waals surface area contributed by atoms with Crippen LogP contribution in [0.1, 0.15) is 10.5 Å². The number of cyclic esters (lactones) is 1. The molecular formula is C11H12N4O5. The molecule has 0 atom stereocenters. The Labute approximate surface area is 112 Å². The lowest BCUT2D eigenvalue weighted by Gasteiger charge is -2.39. The van der Waals surface area contributed by atoms with Crippen LogP contribution in [-0.2, 0) is 9.53 Å². The van der Waals surface area contributed by atoms with E-state index < -0.39 is 11.8 Å². The van der Waals surface area contributed by atoms with Gasteiger partial charge in [0.2, 0.25) is 0 Å². The Balaban J connectivity index is 1.54. The monoisotopic (exact) mass is 280 g/mol. The predicted octanol–water partition coefficient (Wildman–Crippen LogP) is -1.25. The van der Waals surface area contributed by atoms with Gasteiger partial charge in [0.05, 0.1) is 0 Å². The van der Waals surface area contributed by atoms with Crippen molar-refractivity contribution >= 4 is 17.9 Å². The molecule has 0 aliphatic carbocycles. The summed E-state index contributed by atoms with van der Waals surface area (Å²) in [5.41, 5.74) is -0.235. The lowest BCUT2D eigenvalue weighted by Crippen LogP contribution is -2.54. The van der Waals surface area contributed by atoms with Crippen molar-refractivity contribution in [2.24, 2.45) is 5.92 Å². The Hall–Kier alpha value is -2.58. The SMILES string of the molecule is O=C(c1c[nH]c(=O)[nH]1)N1CC(CN2C(=O)COC2=O)C1. The summed E-state index contributed by atoms with van der Waals surface area (Å²) in [5.74, 6) is -0.594. The number of rotatable bonds is 3. The molecule has 106 valence electrons. The molecule has 0 unspecified atom stereocenters. The molecule has 1 aromatic heterocycles. The normalized spacial score (nSPS) is 19.2. The number of hydrogen-bond acceptors (Lipinski definition) is 5. The highest BCUT2D eigenvalue weighted by Gasteiger charge is 2.38. The maximum Gasteiger partial charge on any atom is 0.417 e. The quantitative estimate of drug-likeness (QED) is 0.718. The van der Waals surface area contributed by atoms with E-state index in [9.17, 15) is 19.2 Å². The van der Waals surface area contributed by atoms with Crippen molar-refractivity contribution in [1.82, 2.24) is 19.8 Å². The van der Waals surface area contributed by atoms with Gasteiger partial charge < -0.3 is 19.6 Å². The zero-order chi connectivity index (χ0) is 14.3. The molecule has 9 heteroatoms. The van der Waals surface area contributed by atoms with Crippen LogP contribution in [0, 0.1) is 5.92 Å². The summed E-state index contributed by atoms with van der Waals surface area (Å²) in [6.45, 7) is 0.913. The van der Waals surface area contributed by atoms with E-state index in [1.165, 1.54) is 11.1 Å². The number of nitrogens with zero attached hydrogens (tertiary/aromatic N) is 2. The van der Waals surface area contributed by atoms with E-state index in [4.69, 9.17) is 0 Å². The van der Waals surface area contributed by atoms with Crippen molar-refractivity contribution < 1.29 is 19.1 Å². The van der Waals surface area contributed by atoms with Gasteiger partial charge in [0, 0.05) is 31.7 Å². The van der Waals surface area contributed by atoms with Gasteiger partial charge in [0.25, 0.3) is 11.8 Å². The Morgan fingerprint density at radius 3 is 2.65 bits per heavy atom. The fourth-order valence-corrected chi connectivity index (χ4v) is 2.28. The van der Waals surface area contributed by atoms with Gasteiger partial charge in [-0.25, -0.2) is 14.5 Å². The number of hydrogen-bond donors (Lipinski definition) is 2. The molecular weight excluding hydrogens is 268 g/mol. The van der Waals surface area contributed by atoms with Gasteiger partial charge in [0.15, 0.2) is 6.61 Å². The van der Waals surface area contributed by atoms with E-state index in [-0.39, 0.29) is 36.6 Å². The van der Waals surface area contributed by atoms with Crippen LogP contribution in [0.25, 0.3) is 0 Å². The van der Waals surface area contributed by atoms with Crippen molar-refractivity contribution in [2.75, 3.05) is 26.2 Å². The van der Waals surface area contributed by atoms with Crippen molar-refractivity contribution in [3.63, 3.8) is 0 Å². The first-order chi connectivity index (χ1) is 9.54. The summed E-state index contributed by atoms with van der Waals surface area (Å²) < 4.78 is 4.61. The molecule has 3 amide bonds. The third-order valence-corrected chi connectivity index (χ3v) is 3.35. The van der Waals surface area contributed by atoms with Gasteiger partial charge in [-0.2, -0.15) is 0 Å². The number of ether oxygens (including phenoxy) is 1. The van der Waals surface area contributed by atoms with E-state index in [2.05, 4.69) is 14.7 Å². The molecule has 20 heavy (non-hydrogen) atoms. The average molecular weight is 280 g/mol. The lowest BCUT2D eigenvalue weighted by molar-refractivity contribution is -0.126. The van der Waals surface area contributed by atoms with Crippen molar-refractivity contribution in [2.45, 2.75) is 0 Å². The first kappa shape index (κ1) is 12.5. The van der Waals surface area contributed by atoms with Crippen LogP contribution in [0.3, 0.4) is 0 Å². The molecule has 2 N–H and O–H groups in total. The highest BCUT2D eigenvalue weighted by atomic mass is 16.6. The smallest absolute Gasteiger partial charge is 0.417 e. The number of carbonyl (C=O) groups excluding carboxylic acids is 3. The number of aromatic amines is 2. The molecule has 3 heterocycles. The van der Waals surface area contributed by atoms with Gasteiger partial charge in [-0.15, -0.1) is 0 Å².